The first-order chi connectivity index (χ1) is 14.1. The van der Waals surface area contributed by atoms with E-state index >= 15 is 0 Å². The molecule has 29 heavy (non-hydrogen) atoms. The van der Waals surface area contributed by atoms with Gasteiger partial charge in [-0.05, 0) is 35.7 Å². The van der Waals surface area contributed by atoms with Gasteiger partial charge in [-0.15, -0.1) is 0 Å². The molecular formula is C23H23N5O. The van der Waals surface area contributed by atoms with E-state index in [2.05, 4.69) is 45.6 Å². The fourth-order valence-corrected chi connectivity index (χ4v) is 4.02. The Labute approximate surface area is 169 Å². The number of amides is 1. The van der Waals surface area contributed by atoms with Gasteiger partial charge >= 0.3 is 0 Å². The molecule has 0 bridgehead atoms. The maximum absolute atomic E-state index is 12.4. The van der Waals surface area contributed by atoms with Crippen LogP contribution in [0.4, 0.5) is 5.69 Å². The van der Waals surface area contributed by atoms with Gasteiger partial charge in [-0.1, -0.05) is 31.2 Å². The van der Waals surface area contributed by atoms with Crippen LogP contribution in [0.15, 0.2) is 54.9 Å². The number of aromatic nitrogens is 4. The van der Waals surface area contributed by atoms with Gasteiger partial charge in [0.1, 0.15) is 0 Å². The molecule has 6 nitrogen and oxygen atoms in total. The highest BCUT2D eigenvalue weighted by atomic mass is 16.2. The Bertz CT molecular complexity index is 1190. The summed E-state index contributed by atoms with van der Waals surface area (Å²) in [5.74, 6) is 0.313. The molecule has 0 unspecified atom stereocenters. The number of nitrogens with one attached hydrogen (secondary N) is 1. The zero-order valence-electron chi connectivity index (χ0n) is 16.6. The van der Waals surface area contributed by atoms with E-state index in [0.717, 1.165) is 52.8 Å². The molecule has 2 aromatic carbocycles. The van der Waals surface area contributed by atoms with Crippen molar-refractivity contribution in [3.05, 3.63) is 66.1 Å². The van der Waals surface area contributed by atoms with Crippen LogP contribution >= 0.6 is 0 Å². The minimum absolute atomic E-state index is 0.104. The SMILES string of the molecule is C[C@H]1CCN(c2ccc3n[nH]c(Cc4ccc(-c5cnn(C)c5)cc4)c3c2)C1=O. The molecule has 4 aromatic rings. The van der Waals surface area contributed by atoms with Gasteiger partial charge in [0.2, 0.25) is 5.91 Å². The van der Waals surface area contributed by atoms with Gasteiger partial charge in [0.25, 0.3) is 0 Å². The van der Waals surface area contributed by atoms with E-state index in [0.29, 0.717) is 0 Å². The fourth-order valence-electron chi connectivity index (χ4n) is 4.02. The van der Waals surface area contributed by atoms with E-state index in [4.69, 9.17) is 0 Å². The molecule has 1 atom stereocenters. The van der Waals surface area contributed by atoms with Crippen LogP contribution in [0.5, 0.6) is 0 Å². The predicted molar refractivity (Wildman–Crippen MR) is 114 cm³/mol. The number of aromatic amines is 1. The first kappa shape index (κ1) is 17.7. The Balaban J connectivity index is 1.41. The van der Waals surface area contributed by atoms with Crippen LogP contribution in [0.2, 0.25) is 0 Å². The molecule has 5 rings (SSSR count). The number of anilines is 1. The summed E-state index contributed by atoms with van der Waals surface area (Å²) < 4.78 is 1.81. The van der Waals surface area contributed by atoms with Gasteiger partial charge in [0.05, 0.1) is 11.7 Å². The fraction of sp³-hybridized carbons (Fsp3) is 0.261. The average Bonchev–Trinajstić information content (AvgIpc) is 3.43. The third-order valence-corrected chi connectivity index (χ3v) is 5.77. The second-order valence-electron chi connectivity index (χ2n) is 7.86. The summed E-state index contributed by atoms with van der Waals surface area (Å²) in [6.07, 6.45) is 5.56. The molecule has 2 aromatic heterocycles. The number of carbonyl (C=O) groups is 1. The van der Waals surface area contributed by atoms with Crippen LogP contribution in [0.1, 0.15) is 24.6 Å². The van der Waals surface area contributed by atoms with Crippen molar-refractivity contribution in [3.63, 3.8) is 0 Å². The second-order valence-corrected chi connectivity index (χ2v) is 7.86. The van der Waals surface area contributed by atoms with Crippen LogP contribution < -0.4 is 4.90 Å². The van der Waals surface area contributed by atoms with E-state index in [1.165, 1.54) is 5.56 Å². The summed E-state index contributed by atoms with van der Waals surface area (Å²) in [7, 11) is 1.92. The molecule has 1 aliphatic heterocycles. The first-order valence-corrected chi connectivity index (χ1v) is 9.95. The number of fused-ring (bicyclic) bond motifs is 1. The van der Waals surface area contributed by atoms with Crippen LogP contribution in [0.3, 0.4) is 0 Å². The number of hydrogen-bond acceptors (Lipinski definition) is 3. The smallest absolute Gasteiger partial charge is 0.229 e. The Morgan fingerprint density at radius 2 is 1.97 bits per heavy atom. The van der Waals surface area contributed by atoms with Crippen molar-refractivity contribution >= 4 is 22.5 Å². The Hall–Kier alpha value is -3.41. The number of nitrogens with zero attached hydrogens (tertiary/aromatic N) is 4. The lowest BCUT2D eigenvalue weighted by Gasteiger charge is -2.16. The summed E-state index contributed by atoms with van der Waals surface area (Å²) in [5, 5.41) is 12.9. The molecule has 1 amide bonds. The topological polar surface area (TPSA) is 66.8 Å². The van der Waals surface area contributed by atoms with Crippen molar-refractivity contribution in [1.82, 2.24) is 20.0 Å². The summed E-state index contributed by atoms with van der Waals surface area (Å²) in [4.78, 5) is 14.3. The van der Waals surface area contributed by atoms with Gasteiger partial charge in [-0.3, -0.25) is 14.6 Å². The third kappa shape index (κ3) is 3.20. The van der Waals surface area contributed by atoms with Gasteiger partial charge in [-0.2, -0.15) is 10.2 Å². The van der Waals surface area contributed by atoms with Crippen molar-refractivity contribution in [2.24, 2.45) is 13.0 Å². The molecular weight excluding hydrogens is 362 g/mol. The zero-order chi connectivity index (χ0) is 20.0. The Morgan fingerprint density at radius 3 is 2.66 bits per heavy atom. The van der Waals surface area contributed by atoms with Crippen molar-refractivity contribution in [3.8, 4) is 11.1 Å². The molecule has 0 saturated carbocycles. The first-order valence-electron chi connectivity index (χ1n) is 9.95. The molecule has 146 valence electrons. The number of aryl methyl sites for hydroxylation is 1. The minimum Gasteiger partial charge on any atom is -0.312 e. The van der Waals surface area contributed by atoms with Crippen molar-refractivity contribution in [2.75, 3.05) is 11.4 Å². The lowest BCUT2D eigenvalue weighted by atomic mass is 10.0. The molecule has 1 aliphatic rings. The summed E-state index contributed by atoms with van der Waals surface area (Å²) >= 11 is 0. The number of carbonyl (C=O) groups excluding carboxylic acids is 1. The van der Waals surface area contributed by atoms with Crippen LogP contribution in [0, 0.1) is 5.92 Å². The lowest BCUT2D eigenvalue weighted by Crippen LogP contribution is -2.25. The molecule has 1 saturated heterocycles. The normalized spacial score (nSPS) is 16.8. The highest BCUT2D eigenvalue weighted by Crippen LogP contribution is 2.29. The van der Waals surface area contributed by atoms with Crippen LogP contribution in [0.25, 0.3) is 22.0 Å². The summed E-state index contributed by atoms with van der Waals surface area (Å²) in [5.41, 5.74) is 6.42. The Kier molecular flexibility index (Phi) is 4.19. The highest BCUT2D eigenvalue weighted by Gasteiger charge is 2.29. The van der Waals surface area contributed by atoms with Gasteiger partial charge in [0, 0.05) is 54.5 Å². The standard InChI is InChI=1S/C23H23N5O/c1-15-9-10-28(23(15)29)19-7-8-21-20(12-19)22(26-25-21)11-16-3-5-17(6-4-16)18-13-24-27(2)14-18/h3-8,12-15H,9-11H2,1-2H3,(H,25,26)/t15-/m0/s1. The van der Waals surface area contributed by atoms with E-state index in [1.807, 2.05) is 48.1 Å². The van der Waals surface area contributed by atoms with E-state index < -0.39 is 0 Å². The summed E-state index contributed by atoms with van der Waals surface area (Å²) in [6.45, 7) is 2.79. The quantitative estimate of drug-likeness (QED) is 0.579. The molecule has 3 heterocycles. The van der Waals surface area contributed by atoms with Crippen LogP contribution in [-0.2, 0) is 18.3 Å². The maximum atomic E-state index is 12.4. The van der Waals surface area contributed by atoms with Crippen molar-refractivity contribution in [2.45, 2.75) is 19.8 Å². The third-order valence-electron chi connectivity index (χ3n) is 5.77. The van der Waals surface area contributed by atoms with E-state index in [9.17, 15) is 4.79 Å². The monoisotopic (exact) mass is 385 g/mol. The number of benzene rings is 2. The van der Waals surface area contributed by atoms with Crippen molar-refractivity contribution < 1.29 is 4.79 Å². The minimum atomic E-state index is 0.104. The van der Waals surface area contributed by atoms with Crippen LogP contribution in [-0.4, -0.2) is 32.4 Å². The summed E-state index contributed by atoms with van der Waals surface area (Å²) in [6, 6.07) is 14.6. The van der Waals surface area contributed by atoms with Gasteiger partial charge in [-0.25, -0.2) is 0 Å². The molecule has 6 heteroatoms. The second kappa shape index (κ2) is 6.88. The molecule has 0 radical (unpaired) electrons. The highest BCUT2D eigenvalue weighted by molar-refractivity contribution is 5.99. The van der Waals surface area contributed by atoms with Gasteiger partial charge < -0.3 is 4.90 Å². The van der Waals surface area contributed by atoms with Gasteiger partial charge in [0.15, 0.2) is 0 Å². The number of H-pyrrole nitrogens is 1. The number of hydrogen-bond donors (Lipinski definition) is 1. The predicted octanol–water partition coefficient (Wildman–Crippen LogP) is 3.93. The molecule has 0 aliphatic carbocycles. The number of rotatable bonds is 4. The largest absolute Gasteiger partial charge is 0.312 e. The zero-order valence-corrected chi connectivity index (χ0v) is 16.6. The van der Waals surface area contributed by atoms with E-state index in [1.54, 1.807) is 0 Å². The molecule has 1 N–H and O–H groups in total. The maximum Gasteiger partial charge on any atom is 0.229 e. The molecule has 1 fully saturated rings. The Morgan fingerprint density at radius 1 is 1.14 bits per heavy atom. The van der Waals surface area contributed by atoms with Crippen molar-refractivity contribution in [1.29, 1.82) is 0 Å². The van der Waals surface area contributed by atoms with E-state index in [-0.39, 0.29) is 11.8 Å². The molecule has 0 spiro atoms. The lowest BCUT2D eigenvalue weighted by molar-refractivity contribution is -0.119. The average molecular weight is 385 g/mol.